The number of ketones is 1. The second kappa shape index (κ2) is 9.86. The lowest BCUT2D eigenvalue weighted by Crippen LogP contribution is -2.43. The molecular weight excluding hydrogens is 414 g/mol. The number of nitrogens with one attached hydrogen (secondary N) is 2. The van der Waals surface area contributed by atoms with E-state index < -0.39 is 36.2 Å². The van der Waals surface area contributed by atoms with E-state index in [4.69, 9.17) is 4.74 Å². The second-order valence-corrected chi connectivity index (χ2v) is 7.51. The van der Waals surface area contributed by atoms with Crippen molar-refractivity contribution in [3.8, 4) is 0 Å². The molecule has 0 saturated carbocycles. The molecule has 2 aromatic rings. The molecule has 3 rings (SSSR count). The molecule has 1 atom stereocenters. The van der Waals surface area contributed by atoms with Crippen molar-refractivity contribution in [2.24, 2.45) is 5.92 Å². The lowest BCUT2D eigenvalue weighted by Gasteiger charge is -2.17. The lowest BCUT2D eigenvalue weighted by atomic mass is 10.1. The number of ether oxygens (including phenoxy) is 1. The van der Waals surface area contributed by atoms with Gasteiger partial charge in [-0.3, -0.25) is 34.4 Å². The highest BCUT2D eigenvalue weighted by Gasteiger charge is 2.36. The molecule has 9 nitrogen and oxygen atoms in total. The highest BCUT2D eigenvalue weighted by molar-refractivity contribution is 5.98. The summed E-state index contributed by atoms with van der Waals surface area (Å²) in [4.78, 5) is 60.3. The molecule has 1 saturated heterocycles. The molecule has 0 aliphatic carbocycles. The van der Waals surface area contributed by atoms with Crippen LogP contribution in [0, 0.1) is 12.8 Å². The molecule has 0 unspecified atom stereocenters. The number of esters is 1. The van der Waals surface area contributed by atoms with Crippen LogP contribution in [0.2, 0.25) is 0 Å². The molecule has 2 N–H and O–H groups in total. The lowest BCUT2D eigenvalue weighted by molar-refractivity contribution is -0.151. The topological polar surface area (TPSA) is 122 Å². The van der Waals surface area contributed by atoms with Gasteiger partial charge in [0, 0.05) is 23.2 Å². The maximum atomic E-state index is 12.3. The Balaban J connectivity index is 1.49. The maximum absolute atomic E-state index is 12.3. The van der Waals surface area contributed by atoms with Crippen molar-refractivity contribution in [3.05, 3.63) is 65.2 Å². The predicted molar refractivity (Wildman–Crippen MR) is 115 cm³/mol. The van der Waals surface area contributed by atoms with Crippen molar-refractivity contribution < 1.29 is 28.7 Å². The predicted octanol–water partition coefficient (Wildman–Crippen LogP) is 1.87. The van der Waals surface area contributed by atoms with Gasteiger partial charge in [0.2, 0.25) is 5.91 Å². The largest absolute Gasteiger partial charge is 0.455 e. The van der Waals surface area contributed by atoms with E-state index in [1.807, 2.05) is 13.0 Å². The summed E-state index contributed by atoms with van der Waals surface area (Å²) in [5.74, 6) is -3.10. The van der Waals surface area contributed by atoms with E-state index in [1.54, 1.807) is 36.4 Å². The van der Waals surface area contributed by atoms with Crippen LogP contribution in [-0.2, 0) is 19.1 Å². The van der Waals surface area contributed by atoms with Crippen LogP contribution >= 0.6 is 0 Å². The SMILES string of the molecule is CC(=O)c1cccc(NC(=O)COC(=O)[C@H]2CC(=O)N(NC(=O)c3cccc(C)c3)C2)c1. The van der Waals surface area contributed by atoms with Crippen LogP contribution in [0.3, 0.4) is 0 Å². The van der Waals surface area contributed by atoms with Gasteiger partial charge in [-0.05, 0) is 38.1 Å². The number of Topliss-reactive ketones (excluding diaryl/α,β-unsaturated/α-hetero) is 1. The van der Waals surface area contributed by atoms with Gasteiger partial charge in [-0.1, -0.05) is 29.8 Å². The Morgan fingerprint density at radius 1 is 1.06 bits per heavy atom. The Bertz CT molecular complexity index is 1080. The fraction of sp³-hybridized carbons (Fsp3) is 0.261. The Hall–Kier alpha value is -4.01. The Labute approximate surface area is 184 Å². The zero-order chi connectivity index (χ0) is 23.3. The number of hydrazine groups is 1. The first-order valence-electron chi connectivity index (χ1n) is 9.98. The number of hydrogen-bond donors (Lipinski definition) is 2. The molecule has 1 fully saturated rings. The molecular formula is C23H23N3O6. The molecule has 3 amide bonds. The van der Waals surface area contributed by atoms with Gasteiger partial charge in [0.05, 0.1) is 12.5 Å². The third-order valence-electron chi connectivity index (χ3n) is 4.87. The number of aryl methyl sites for hydroxylation is 1. The van der Waals surface area contributed by atoms with Crippen LogP contribution in [0.1, 0.15) is 39.6 Å². The summed E-state index contributed by atoms with van der Waals surface area (Å²) in [6.45, 7) is 2.68. The van der Waals surface area contributed by atoms with Gasteiger partial charge in [0.25, 0.3) is 11.8 Å². The number of hydrogen-bond acceptors (Lipinski definition) is 6. The first-order chi connectivity index (χ1) is 15.2. The number of carbonyl (C=O) groups excluding carboxylic acids is 5. The average molecular weight is 437 g/mol. The highest BCUT2D eigenvalue weighted by atomic mass is 16.5. The molecule has 32 heavy (non-hydrogen) atoms. The molecule has 1 aliphatic heterocycles. The molecule has 0 bridgehead atoms. The minimum absolute atomic E-state index is 0.0441. The fourth-order valence-electron chi connectivity index (χ4n) is 3.21. The van der Waals surface area contributed by atoms with Gasteiger partial charge in [-0.25, -0.2) is 0 Å². The number of nitrogens with zero attached hydrogens (tertiary/aromatic N) is 1. The third-order valence-corrected chi connectivity index (χ3v) is 4.87. The summed E-state index contributed by atoms with van der Waals surface area (Å²) in [6, 6.07) is 13.3. The van der Waals surface area contributed by atoms with E-state index in [-0.39, 0.29) is 18.7 Å². The zero-order valence-electron chi connectivity index (χ0n) is 17.7. The van der Waals surface area contributed by atoms with E-state index in [1.165, 1.54) is 13.0 Å². The van der Waals surface area contributed by atoms with Crippen LogP contribution in [0.15, 0.2) is 48.5 Å². The van der Waals surface area contributed by atoms with E-state index in [9.17, 15) is 24.0 Å². The van der Waals surface area contributed by atoms with E-state index >= 15 is 0 Å². The number of rotatable bonds is 7. The fourth-order valence-corrected chi connectivity index (χ4v) is 3.21. The summed E-state index contributed by atoms with van der Waals surface area (Å²) in [6.07, 6.45) is -0.130. The summed E-state index contributed by atoms with van der Waals surface area (Å²) >= 11 is 0. The van der Waals surface area contributed by atoms with Gasteiger partial charge in [-0.2, -0.15) is 0 Å². The molecule has 2 aromatic carbocycles. The number of amides is 3. The molecule has 9 heteroatoms. The van der Waals surface area contributed by atoms with Crippen LogP contribution in [0.4, 0.5) is 5.69 Å². The van der Waals surface area contributed by atoms with Crippen LogP contribution in [-0.4, -0.2) is 47.6 Å². The van der Waals surface area contributed by atoms with Crippen molar-refractivity contribution in [1.82, 2.24) is 10.4 Å². The average Bonchev–Trinajstić information content (AvgIpc) is 3.12. The van der Waals surface area contributed by atoms with E-state index in [0.29, 0.717) is 16.8 Å². The van der Waals surface area contributed by atoms with Gasteiger partial charge >= 0.3 is 5.97 Å². The Kier molecular flexibility index (Phi) is 6.99. The number of anilines is 1. The second-order valence-electron chi connectivity index (χ2n) is 7.51. The van der Waals surface area contributed by atoms with Gasteiger partial charge in [0.15, 0.2) is 12.4 Å². The quantitative estimate of drug-likeness (QED) is 0.504. The van der Waals surface area contributed by atoms with Crippen molar-refractivity contribution in [2.75, 3.05) is 18.5 Å². The van der Waals surface area contributed by atoms with E-state index in [2.05, 4.69) is 10.7 Å². The van der Waals surface area contributed by atoms with Crippen molar-refractivity contribution in [2.45, 2.75) is 20.3 Å². The molecule has 1 heterocycles. The van der Waals surface area contributed by atoms with Crippen molar-refractivity contribution >= 4 is 35.2 Å². The molecule has 0 spiro atoms. The first kappa shape index (κ1) is 22.7. The molecule has 0 radical (unpaired) electrons. The minimum atomic E-state index is -0.797. The van der Waals surface area contributed by atoms with Gasteiger partial charge < -0.3 is 10.1 Å². The summed E-state index contributed by atoms with van der Waals surface area (Å²) in [5.41, 5.74) is 4.64. The van der Waals surface area contributed by atoms with Crippen LogP contribution in [0.25, 0.3) is 0 Å². The van der Waals surface area contributed by atoms with Crippen molar-refractivity contribution in [1.29, 1.82) is 0 Å². The molecule has 166 valence electrons. The minimum Gasteiger partial charge on any atom is -0.455 e. The monoisotopic (exact) mass is 437 g/mol. The summed E-state index contributed by atoms with van der Waals surface area (Å²) < 4.78 is 5.03. The standard InChI is InChI=1S/C23H23N3O6/c1-14-5-3-7-17(9-14)22(30)25-26-12-18(11-21(26)29)23(31)32-13-20(28)24-19-8-4-6-16(10-19)15(2)27/h3-10,18H,11-13H2,1-2H3,(H,24,28)(H,25,30)/t18-/m0/s1. The zero-order valence-corrected chi connectivity index (χ0v) is 17.7. The summed E-state index contributed by atoms with van der Waals surface area (Å²) in [7, 11) is 0. The Morgan fingerprint density at radius 3 is 2.50 bits per heavy atom. The summed E-state index contributed by atoms with van der Waals surface area (Å²) in [5, 5.41) is 3.63. The third kappa shape index (κ3) is 5.78. The van der Waals surface area contributed by atoms with Crippen LogP contribution in [0.5, 0.6) is 0 Å². The highest BCUT2D eigenvalue weighted by Crippen LogP contribution is 2.18. The van der Waals surface area contributed by atoms with E-state index in [0.717, 1.165) is 10.6 Å². The smallest absolute Gasteiger partial charge is 0.311 e. The Morgan fingerprint density at radius 2 is 1.78 bits per heavy atom. The van der Waals surface area contributed by atoms with Crippen LogP contribution < -0.4 is 10.7 Å². The first-order valence-corrected chi connectivity index (χ1v) is 9.98. The normalized spacial score (nSPS) is 15.2. The molecule has 1 aliphatic rings. The van der Waals surface area contributed by atoms with Gasteiger partial charge in [0.1, 0.15) is 0 Å². The number of benzene rings is 2. The molecule has 0 aromatic heterocycles. The maximum Gasteiger partial charge on any atom is 0.311 e. The van der Waals surface area contributed by atoms with Gasteiger partial charge in [-0.15, -0.1) is 0 Å². The number of carbonyl (C=O) groups is 5. The van der Waals surface area contributed by atoms with Crippen molar-refractivity contribution in [3.63, 3.8) is 0 Å².